The number of nitrogens with zero attached hydrogens (tertiary/aromatic N) is 3. The number of nitrogen functional groups attached to an aromatic ring is 1. The molecule has 0 atom stereocenters. The van der Waals surface area contributed by atoms with Gasteiger partial charge in [-0.1, -0.05) is 29.4 Å². The summed E-state index contributed by atoms with van der Waals surface area (Å²) < 4.78 is 17.3. The van der Waals surface area contributed by atoms with Gasteiger partial charge < -0.3 is 25.4 Å². The van der Waals surface area contributed by atoms with Crippen LogP contribution in [0.3, 0.4) is 0 Å². The van der Waals surface area contributed by atoms with Gasteiger partial charge in [-0.05, 0) is 30.3 Å². The summed E-state index contributed by atoms with van der Waals surface area (Å²) in [4.78, 5) is 12.2. The van der Waals surface area contributed by atoms with Gasteiger partial charge >= 0.3 is 0 Å². The van der Waals surface area contributed by atoms with Gasteiger partial charge in [-0.3, -0.25) is 4.79 Å². The standard InChI is InChI=1S/C19H20ClN5O4S/c1-27-14-7-11(8-15(28-2)17(14)29-3)18-23-24-19(25(18)21)30-10-16(26)22-13-6-4-5-12(20)9-13/h4-9H,10,21H2,1-3H3,(H,22,26). The number of hydrogen-bond donors (Lipinski definition) is 2. The average Bonchev–Trinajstić information content (AvgIpc) is 3.11. The molecule has 9 nitrogen and oxygen atoms in total. The van der Waals surface area contributed by atoms with Crippen molar-refractivity contribution in [3.63, 3.8) is 0 Å². The van der Waals surface area contributed by atoms with E-state index >= 15 is 0 Å². The molecule has 0 unspecified atom stereocenters. The van der Waals surface area contributed by atoms with Crippen molar-refractivity contribution in [2.24, 2.45) is 0 Å². The van der Waals surface area contributed by atoms with Crippen LogP contribution in [-0.2, 0) is 4.79 Å². The summed E-state index contributed by atoms with van der Waals surface area (Å²) >= 11 is 7.08. The summed E-state index contributed by atoms with van der Waals surface area (Å²) in [6.07, 6.45) is 0. The lowest BCUT2D eigenvalue weighted by Gasteiger charge is -2.13. The molecule has 11 heteroatoms. The summed E-state index contributed by atoms with van der Waals surface area (Å²) in [5, 5.41) is 11.9. The molecule has 158 valence electrons. The number of amides is 1. The number of hydrogen-bond acceptors (Lipinski definition) is 8. The molecule has 0 aliphatic rings. The molecule has 30 heavy (non-hydrogen) atoms. The van der Waals surface area contributed by atoms with Crippen LogP contribution < -0.4 is 25.4 Å². The zero-order valence-electron chi connectivity index (χ0n) is 16.5. The van der Waals surface area contributed by atoms with Crippen molar-refractivity contribution in [1.82, 2.24) is 14.9 Å². The highest BCUT2D eigenvalue weighted by Crippen LogP contribution is 2.40. The second-order valence-corrected chi connectivity index (χ2v) is 7.32. The molecule has 0 saturated heterocycles. The number of benzene rings is 2. The van der Waals surface area contributed by atoms with E-state index < -0.39 is 0 Å². The number of carbonyl (C=O) groups is 1. The molecule has 1 aromatic heterocycles. The summed E-state index contributed by atoms with van der Waals surface area (Å²) in [5.74, 6) is 7.79. The third kappa shape index (κ3) is 4.71. The number of ether oxygens (including phenoxy) is 3. The van der Waals surface area contributed by atoms with Crippen molar-refractivity contribution in [2.75, 3.05) is 38.2 Å². The molecular weight excluding hydrogens is 430 g/mol. The van der Waals surface area contributed by atoms with Gasteiger partial charge in [0.05, 0.1) is 27.1 Å². The minimum absolute atomic E-state index is 0.0943. The molecule has 0 saturated carbocycles. The average molecular weight is 450 g/mol. The lowest BCUT2D eigenvalue weighted by Crippen LogP contribution is -2.16. The number of anilines is 1. The zero-order chi connectivity index (χ0) is 21.7. The predicted octanol–water partition coefficient (Wildman–Crippen LogP) is 3.07. The summed E-state index contributed by atoms with van der Waals surface area (Å²) in [6, 6.07) is 10.3. The molecule has 1 amide bonds. The molecule has 3 N–H and O–H groups in total. The van der Waals surface area contributed by atoms with E-state index in [0.29, 0.717) is 44.5 Å². The Kier molecular flexibility index (Phi) is 6.91. The Bertz CT molecular complexity index is 1030. The van der Waals surface area contributed by atoms with E-state index in [4.69, 9.17) is 31.7 Å². The third-order valence-electron chi connectivity index (χ3n) is 4.03. The first-order valence-corrected chi connectivity index (χ1v) is 10.0. The van der Waals surface area contributed by atoms with E-state index in [0.717, 1.165) is 11.8 Å². The van der Waals surface area contributed by atoms with Crippen LogP contribution in [0, 0.1) is 0 Å². The quantitative estimate of drug-likeness (QED) is 0.398. The van der Waals surface area contributed by atoms with Crippen LogP contribution in [0.2, 0.25) is 5.02 Å². The van der Waals surface area contributed by atoms with Gasteiger partial charge in [0.15, 0.2) is 17.3 Å². The van der Waals surface area contributed by atoms with Crippen molar-refractivity contribution >= 4 is 35.0 Å². The summed E-state index contributed by atoms with van der Waals surface area (Å²) in [7, 11) is 4.57. The van der Waals surface area contributed by atoms with Crippen LogP contribution >= 0.6 is 23.4 Å². The normalized spacial score (nSPS) is 10.5. The van der Waals surface area contributed by atoms with Gasteiger partial charge in [-0.2, -0.15) is 0 Å². The van der Waals surface area contributed by atoms with Crippen LogP contribution in [0.4, 0.5) is 5.69 Å². The van der Waals surface area contributed by atoms with Crippen molar-refractivity contribution in [3.8, 4) is 28.6 Å². The fourth-order valence-electron chi connectivity index (χ4n) is 2.68. The Morgan fingerprint density at radius 2 is 1.83 bits per heavy atom. The molecule has 0 aliphatic heterocycles. The van der Waals surface area contributed by atoms with Gasteiger partial charge in [0.2, 0.25) is 16.8 Å². The summed E-state index contributed by atoms with van der Waals surface area (Å²) in [6.45, 7) is 0. The molecule has 0 fully saturated rings. The Hall–Kier alpha value is -3.11. The molecule has 3 aromatic rings. The minimum Gasteiger partial charge on any atom is -0.493 e. The van der Waals surface area contributed by atoms with E-state index in [9.17, 15) is 4.79 Å². The van der Waals surface area contributed by atoms with Crippen LogP contribution in [0.15, 0.2) is 41.6 Å². The fourth-order valence-corrected chi connectivity index (χ4v) is 3.52. The Labute approximate surface area is 182 Å². The van der Waals surface area contributed by atoms with Gasteiger partial charge in [0.25, 0.3) is 0 Å². The number of rotatable bonds is 8. The second-order valence-electron chi connectivity index (χ2n) is 5.94. The van der Waals surface area contributed by atoms with Crippen LogP contribution in [0.5, 0.6) is 17.2 Å². The van der Waals surface area contributed by atoms with E-state index in [1.165, 1.54) is 26.0 Å². The predicted molar refractivity (Wildman–Crippen MR) is 116 cm³/mol. The first kappa shape index (κ1) is 21.6. The SMILES string of the molecule is COc1cc(-c2nnc(SCC(=O)Nc3cccc(Cl)c3)n2N)cc(OC)c1OC. The number of nitrogens with two attached hydrogens (primary N) is 1. The number of carbonyl (C=O) groups excluding carboxylic acids is 1. The van der Waals surface area contributed by atoms with E-state index in [1.807, 2.05) is 0 Å². The first-order chi connectivity index (χ1) is 14.5. The molecule has 0 aliphatic carbocycles. The fraction of sp³-hybridized carbons (Fsp3) is 0.211. The molecule has 0 bridgehead atoms. The van der Waals surface area contributed by atoms with E-state index in [2.05, 4.69) is 15.5 Å². The molecule has 0 spiro atoms. The third-order valence-corrected chi connectivity index (χ3v) is 5.21. The van der Waals surface area contributed by atoms with Crippen LogP contribution in [-0.4, -0.2) is 47.9 Å². The van der Waals surface area contributed by atoms with Crippen molar-refractivity contribution in [2.45, 2.75) is 5.16 Å². The van der Waals surface area contributed by atoms with Crippen molar-refractivity contribution < 1.29 is 19.0 Å². The van der Waals surface area contributed by atoms with Crippen LogP contribution in [0.25, 0.3) is 11.4 Å². The maximum absolute atomic E-state index is 12.2. The molecular formula is C19H20ClN5O4S. The minimum atomic E-state index is -0.223. The number of halogens is 1. The lowest BCUT2D eigenvalue weighted by molar-refractivity contribution is -0.113. The lowest BCUT2D eigenvalue weighted by atomic mass is 10.1. The largest absolute Gasteiger partial charge is 0.493 e. The number of aromatic nitrogens is 3. The van der Waals surface area contributed by atoms with Crippen LogP contribution in [0.1, 0.15) is 0 Å². The molecule has 3 rings (SSSR count). The second kappa shape index (κ2) is 9.59. The van der Waals surface area contributed by atoms with Gasteiger partial charge in [0.1, 0.15) is 0 Å². The number of nitrogens with one attached hydrogen (secondary N) is 1. The topological polar surface area (TPSA) is 114 Å². The number of thioether (sulfide) groups is 1. The van der Waals surface area contributed by atoms with E-state index in [-0.39, 0.29) is 11.7 Å². The zero-order valence-corrected chi connectivity index (χ0v) is 18.1. The Morgan fingerprint density at radius 3 is 2.43 bits per heavy atom. The maximum Gasteiger partial charge on any atom is 0.234 e. The first-order valence-electron chi connectivity index (χ1n) is 8.66. The van der Waals surface area contributed by atoms with Gasteiger partial charge in [0, 0.05) is 16.3 Å². The van der Waals surface area contributed by atoms with Gasteiger partial charge in [-0.25, -0.2) is 4.68 Å². The number of methoxy groups -OCH3 is 3. The van der Waals surface area contributed by atoms with Crippen molar-refractivity contribution in [1.29, 1.82) is 0 Å². The monoisotopic (exact) mass is 449 g/mol. The highest BCUT2D eigenvalue weighted by atomic mass is 35.5. The molecule has 2 aromatic carbocycles. The smallest absolute Gasteiger partial charge is 0.234 e. The molecule has 1 heterocycles. The maximum atomic E-state index is 12.2. The summed E-state index contributed by atoms with van der Waals surface area (Å²) in [5.41, 5.74) is 1.23. The van der Waals surface area contributed by atoms with E-state index in [1.54, 1.807) is 36.4 Å². The Balaban J connectivity index is 1.75. The van der Waals surface area contributed by atoms with Crippen molar-refractivity contribution in [3.05, 3.63) is 41.4 Å². The highest BCUT2D eigenvalue weighted by molar-refractivity contribution is 7.99. The highest BCUT2D eigenvalue weighted by Gasteiger charge is 2.19. The molecule has 0 radical (unpaired) electrons. The van der Waals surface area contributed by atoms with Gasteiger partial charge in [-0.15, -0.1) is 10.2 Å². The Morgan fingerprint density at radius 1 is 1.13 bits per heavy atom.